The van der Waals surface area contributed by atoms with E-state index in [1.54, 1.807) is 24.1 Å². The van der Waals surface area contributed by atoms with Crippen molar-refractivity contribution in [3.63, 3.8) is 0 Å². The Kier molecular flexibility index (Phi) is 5.90. The second-order valence-corrected chi connectivity index (χ2v) is 6.65. The summed E-state index contributed by atoms with van der Waals surface area (Å²) in [5.74, 6) is 1.82. The van der Waals surface area contributed by atoms with Crippen molar-refractivity contribution in [1.29, 1.82) is 0 Å². The zero-order chi connectivity index (χ0) is 17.5. The topological polar surface area (TPSA) is 86.9 Å². The molecule has 2 heterocycles. The maximum Gasteiger partial charge on any atom is 0.219 e. The smallest absolute Gasteiger partial charge is 0.219 e. The molecule has 0 unspecified atom stereocenters. The minimum Gasteiger partial charge on any atom is -0.461 e. The van der Waals surface area contributed by atoms with Crippen LogP contribution in [0, 0.1) is 0 Å². The number of carbonyl (C=O) groups is 1. The lowest BCUT2D eigenvalue weighted by Gasteiger charge is -2.08. The summed E-state index contributed by atoms with van der Waals surface area (Å²) in [5, 5.41) is 9.26. The van der Waals surface area contributed by atoms with Crippen LogP contribution in [0.5, 0.6) is 0 Å². The lowest BCUT2D eigenvalue weighted by molar-refractivity contribution is -0.118. The van der Waals surface area contributed by atoms with Gasteiger partial charge in [-0.25, -0.2) is 0 Å². The number of nitrogens with zero attached hydrogens (tertiary/aromatic N) is 3. The molecule has 25 heavy (non-hydrogen) atoms. The first-order chi connectivity index (χ1) is 12.2. The van der Waals surface area contributed by atoms with Gasteiger partial charge in [0.25, 0.3) is 0 Å². The van der Waals surface area contributed by atoms with Crippen molar-refractivity contribution in [3.05, 3.63) is 54.3 Å². The van der Waals surface area contributed by atoms with Crippen LogP contribution in [-0.2, 0) is 17.8 Å². The normalized spacial score (nSPS) is 10.9. The molecular formula is C18H20N4O2S. The minimum atomic E-state index is -0.348. The second kappa shape index (κ2) is 8.53. The molecule has 7 heteroatoms. The third-order valence-electron chi connectivity index (χ3n) is 3.72. The van der Waals surface area contributed by atoms with Gasteiger partial charge in [0.2, 0.25) is 5.91 Å². The Morgan fingerprint density at radius 2 is 2.00 bits per heavy atom. The summed E-state index contributed by atoms with van der Waals surface area (Å²) >= 11 is 1.63. The lowest BCUT2D eigenvalue weighted by Crippen LogP contribution is -2.15. The largest absolute Gasteiger partial charge is 0.461 e. The number of carbonyl (C=O) groups excluding carboxylic acids is 1. The second-order valence-electron chi connectivity index (χ2n) is 5.59. The zero-order valence-corrected chi connectivity index (χ0v) is 14.6. The molecule has 0 radical (unpaired) electrons. The third-order valence-corrected chi connectivity index (χ3v) is 4.78. The molecular weight excluding hydrogens is 336 g/mol. The molecule has 0 spiro atoms. The van der Waals surface area contributed by atoms with Gasteiger partial charge in [0.15, 0.2) is 16.7 Å². The number of nitrogens with two attached hydrogens (primary N) is 1. The van der Waals surface area contributed by atoms with E-state index in [0.717, 1.165) is 23.8 Å². The monoisotopic (exact) mass is 356 g/mol. The van der Waals surface area contributed by atoms with Crippen LogP contribution in [0.3, 0.4) is 0 Å². The van der Waals surface area contributed by atoms with Crippen molar-refractivity contribution < 1.29 is 9.21 Å². The third kappa shape index (κ3) is 4.73. The number of benzene rings is 1. The summed E-state index contributed by atoms with van der Waals surface area (Å²) < 4.78 is 7.31. The van der Waals surface area contributed by atoms with Gasteiger partial charge >= 0.3 is 0 Å². The molecule has 3 aromatic rings. The van der Waals surface area contributed by atoms with Gasteiger partial charge in [-0.1, -0.05) is 42.1 Å². The average Bonchev–Trinajstić information content (AvgIpc) is 3.27. The standard InChI is InChI=1S/C18H20N4O2S/c19-16(23)10-11-22-17(15-9-4-12-24-15)20-21-18(22)25-13-5-8-14-6-2-1-3-7-14/h1-4,6-7,9,12H,5,8,10-11,13H2,(H2,19,23). The number of hydrogen-bond acceptors (Lipinski definition) is 5. The summed E-state index contributed by atoms with van der Waals surface area (Å²) in [7, 11) is 0. The van der Waals surface area contributed by atoms with Crippen molar-refractivity contribution in [3.8, 4) is 11.6 Å². The van der Waals surface area contributed by atoms with Gasteiger partial charge in [0, 0.05) is 18.7 Å². The Morgan fingerprint density at radius 3 is 2.72 bits per heavy atom. The predicted molar refractivity (Wildman–Crippen MR) is 97.0 cm³/mol. The molecule has 0 aliphatic rings. The van der Waals surface area contributed by atoms with Crippen molar-refractivity contribution in [2.75, 3.05) is 5.75 Å². The van der Waals surface area contributed by atoms with Crippen molar-refractivity contribution >= 4 is 17.7 Å². The van der Waals surface area contributed by atoms with Gasteiger partial charge in [-0.05, 0) is 30.5 Å². The fourth-order valence-electron chi connectivity index (χ4n) is 2.49. The lowest BCUT2D eigenvalue weighted by atomic mass is 10.1. The molecule has 0 saturated heterocycles. The summed E-state index contributed by atoms with van der Waals surface area (Å²) in [6.07, 6.45) is 3.89. The highest BCUT2D eigenvalue weighted by Crippen LogP contribution is 2.25. The van der Waals surface area contributed by atoms with Crippen LogP contribution in [0.1, 0.15) is 18.4 Å². The van der Waals surface area contributed by atoms with E-state index in [1.807, 2.05) is 16.7 Å². The summed E-state index contributed by atoms with van der Waals surface area (Å²) in [6, 6.07) is 14.0. The van der Waals surface area contributed by atoms with Gasteiger partial charge in [-0.3, -0.25) is 9.36 Å². The quantitative estimate of drug-likeness (QED) is 0.470. The molecule has 3 rings (SSSR count). The van der Waals surface area contributed by atoms with E-state index < -0.39 is 0 Å². The van der Waals surface area contributed by atoms with Gasteiger partial charge < -0.3 is 10.2 Å². The molecule has 130 valence electrons. The van der Waals surface area contributed by atoms with Crippen LogP contribution in [0.25, 0.3) is 11.6 Å². The van der Waals surface area contributed by atoms with E-state index >= 15 is 0 Å². The number of primary amides is 1. The van der Waals surface area contributed by atoms with Crippen LogP contribution in [0.15, 0.2) is 58.3 Å². The van der Waals surface area contributed by atoms with Gasteiger partial charge in [-0.15, -0.1) is 10.2 Å². The summed E-state index contributed by atoms with van der Waals surface area (Å²) in [6.45, 7) is 0.444. The molecule has 6 nitrogen and oxygen atoms in total. The molecule has 0 fully saturated rings. The molecule has 0 atom stereocenters. The molecule has 2 N–H and O–H groups in total. The van der Waals surface area contributed by atoms with Crippen LogP contribution >= 0.6 is 11.8 Å². The summed E-state index contributed by atoms with van der Waals surface area (Å²) in [5.41, 5.74) is 6.62. The number of furan rings is 1. The highest BCUT2D eigenvalue weighted by Gasteiger charge is 2.16. The van der Waals surface area contributed by atoms with Crippen molar-refractivity contribution in [2.45, 2.75) is 31.0 Å². The number of aryl methyl sites for hydroxylation is 1. The molecule has 1 aromatic carbocycles. The highest BCUT2D eigenvalue weighted by molar-refractivity contribution is 7.99. The number of amides is 1. The predicted octanol–water partition coefficient (Wildman–Crippen LogP) is 3.14. The maximum atomic E-state index is 11.2. The molecule has 0 bridgehead atoms. The van der Waals surface area contributed by atoms with Gasteiger partial charge in [0.05, 0.1) is 6.26 Å². The van der Waals surface area contributed by atoms with Crippen molar-refractivity contribution in [2.24, 2.45) is 5.73 Å². The molecule has 0 saturated carbocycles. The van der Waals surface area contributed by atoms with E-state index in [4.69, 9.17) is 10.2 Å². The maximum absolute atomic E-state index is 11.2. The first-order valence-corrected chi connectivity index (χ1v) is 9.14. The fourth-order valence-corrected chi connectivity index (χ4v) is 3.39. The number of rotatable bonds is 9. The van der Waals surface area contributed by atoms with Gasteiger partial charge in [-0.2, -0.15) is 0 Å². The zero-order valence-electron chi connectivity index (χ0n) is 13.8. The Morgan fingerprint density at radius 1 is 1.16 bits per heavy atom. The summed E-state index contributed by atoms with van der Waals surface area (Å²) in [4.78, 5) is 11.2. The molecule has 1 amide bonds. The van der Waals surface area contributed by atoms with Crippen LogP contribution in [0.2, 0.25) is 0 Å². The number of thioether (sulfide) groups is 1. The Labute approximate surface area is 150 Å². The van der Waals surface area contributed by atoms with E-state index in [1.165, 1.54) is 5.56 Å². The van der Waals surface area contributed by atoms with Crippen molar-refractivity contribution in [1.82, 2.24) is 14.8 Å². The highest BCUT2D eigenvalue weighted by atomic mass is 32.2. The van der Waals surface area contributed by atoms with Crippen LogP contribution < -0.4 is 5.73 Å². The van der Waals surface area contributed by atoms with Crippen LogP contribution in [0.4, 0.5) is 0 Å². The molecule has 0 aliphatic heterocycles. The Bertz CT molecular complexity index is 800. The van der Waals surface area contributed by atoms with E-state index in [-0.39, 0.29) is 12.3 Å². The van der Waals surface area contributed by atoms with E-state index in [9.17, 15) is 4.79 Å². The molecule has 0 aliphatic carbocycles. The first kappa shape index (κ1) is 17.3. The first-order valence-electron chi connectivity index (χ1n) is 8.16. The minimum absolute atomic E-state index is 0.239. The fraction of sp³-hybridized carbons (Fsp3) is 0.278. The van der Waals surface area contributed by atoms with E-state index in [0.29, 0.717) is 18.1 Å². The Hall–Kier alpha value is -2.54. The van der Waals surface area contributed by atoms with E-state index in [2.05, 4.69) is 34.5 Å². The SMILES string of the molecule is NC(=O)CCn1c(SCCCc2ccccc2)nnc1-c1ccco1. The van der Waals surface area contributed by atoms with Gasteiger partial charge in [0.1, 0.15) is 0 Å². The van der Waals surface area contributed by atoms with Crippen LogP contribution in [-0.4, -0.2) is 26.4 Å². The molecule has 2 aromatic heterocycles. The number of hydrogen-bond donors (Lipinski definition) is 1. The average molecular weight is 356 g/mol. The number of aromatic nitrogens is 3. The Balaban J connectivity index is 1.64.